The Hall–Kier alpha value is 0.210. The van der Waals surface area contributed by atoms with E-state index in [-0.39, 0.29) is 17.9 Å². The predicted octanol–water partition coefficient (Wildman–Crippen LogP) is 1.32. The Labute approximate surface area is 74.8 Å². The average Bonchev–Trinajstić information content (AvgIpc) is 2.39. The van der Waals surface area contributed by atoms with Gasteiger partial charge in [0.15, 0.2) is 0 Å². The van der Waals surface area contributed by atoms with Gasteiger partial charge in [0.05, 0.1) is 6.61 Å². The van der Waals surface area contributed by atoms with Crippen LogP contribution in [0.4, 0.5) is 0 Å². The molecule has 0 heterocycles. The van der Waals surface area contributed by atoms with E-state index in [0.717, 1.165) is 19.4 Å². The molecule has 0 aromatic rings. The molecule has 2 nitrogen and oxygen atoms in total. The molecule has 0 unspecified atom stereocenters. The Morgan fingerprint density at radius 1 is 1.36 bits per heavy atom. The number of aliphatic hydroxyl groups excluding tert-OH is 1. The maximum Gasteiger partial charge on any atom is 0.0613 e. The van der Waals surface area contributed by atoms with Gasteiger partial charge in [-0.05, 0) is 19.4 Å². The van der Waals surface area contributed by atoms with Crippen LogP contribution < -0.4 is 5.32 Å². The van der Waals surface area contributed by atoms with Crippen molar-refractivity contribution in [1.82, 2.24) is 5.32 Å². The zero-order chi connectivity index (χ0) is 7.45. The van der Waals surface area contributed by atoms with E-state index in [1.807, 2.05) is 0 Å². The molecule has 0 bridgehead atoms. The van der Waals surface area contributed by atoms with Crippen LogP contribution in [0.3, 0.4) is 0 Å². The van der Waals surface area contributed by atoms with Gasteiger partial charge in [-0.25, -0.2) is 0 Å². The summed E-state index contributed by atoms with van der Waals surface area (Å²) in [6, 6.07) is 0. The number of hydrogen-bond acceptors (Lipinski definition) is 2. The van der Waals surface area contributed by atoms with Crippen LogP contribution in [0, 0.1) is 0 Å². The number of hydrogen-bond donors (Lipinski definition) is 2. The Morgan fingerprint density at radius 2 is 1.91 bits per heavy atom. The SMILES string of the molecule is CCNC1(CO)CCCC1.Cl. The number of aliphatic hydroxyl groups is 1. The van der Waals surface area contributed by atoms with E-state index in [4.69, 9.17) is 5.11 Å². The van der Waals surface area contributed by atoms with E-state index in [1.54, 1.807) is 0 Å². The summed E-state index contributed by atoms with van der Waals surface area (Å²) in [5.41, 5.74) is 0.0920. The maximum atomic E-state index is 9.09. The molecule has 0 atom stereocenters. The van der Waals surface area contributed by atoms with Crippen LogP contribution in [-0.4, -0.2) is 23.8 Å². The molecule has 11 heavy (non-hydrogen) atoms. The highest BCUT2D eigenvalue weighted by Gasteiger charge is 2.31. The van der Waals surface area contributed by atoms with Gasteiger partial charge in [-0.2, -0.15) is 0 Å². The summed E-state index contributed by atoms with van der Waals surface area (Å²) in [6.07, 6.45) is 4.84. The molecule has 1 aliphatic rings. The average molecular weight is 180 g/mol. The first-order valence-corrected chi connectivity index (χ1v) is 4.19. The maximum absolute atomic E-state index is 9.09. The summed E-state index contributed by atoms with van der Waals surface area (Å²) in [7, 11) is 0. The highest BCUT2D eigenvalue weighted by atomic mass is 35.5. The second kappa shape index (κ2) is 4.96. The van der Waals surface area contributed by atoms with Gasteiger partial charge in [0, 0.05) is 5.54 Å². The van der Waals surface area contributed by atoms with Gasteiger partial charge in [0.25, 0.3) is 0 Å². The molecule has 1 rings (SSSR count). The first-order chi connectivity index (χ1) is 4.83. The first kappa shape index (κ1) is 11.2. The molecule has 1 fully saturated rings. The summed E-state index contributed by atoms with van der Waals surface area (Å²) < 4.78 is 0. The molecule has 0 aromatic carbocycles. The van der Waals surface area contributed by atoms with Crippen LogP contribution in [-0.2, 0) is 0 Å². The van der Waals surface area contributed by atoms with Crippen molar-refractivity contribution in [3.05, 3.63) is 0 Å². The molecule has 0 aliphatic heterocycles. The largest absolute Gasteiger partial charge is 0.394 e. The second-order valence-electron chi connectivity index (χ2n) is 3.18. The Kier molecular flexibility index (Phi) is 5.06. The number of nitrogens with one attached hydrogen (secondary N) is 1. The van der Waals surface area contributed by atoms with Crippen molar-refractivity contribution in [1.29, 1.82) is 0 Å². The van der Waals surface area contributed by atoms with Gasteiger partial charge < -0.3 is 10.4 Å². The van der Waals surface area contributed by atoms with Gasteiger partial charge in [0.2, 0.25) is 0 Å². The molecular weight excluding hydrogens is 162 g/mol. The molecule has 0 aromatic heterocycles. The fourth-order valence-corrected chi connectivity index (χ4v) is 1.82. The van der Waals surface area contributed by atoms with Crippen LogP contribution in [0.2, 0.25) is 0 Å². The van der Waals surface area contributed by atoms with Gasteiger partial charge in [-0.15, -0.1) is 12.4 Å². The highest BCUT2D eigenvalue weighted by Crippen LogP contribution is 2.28. The van der Waals surface area contributed by atoms with E-state index in [2.05, 4.69) is 12.2 Å². The number of rotatable bonds is 3. The zero-order valence-electron chi connectivity index (χ0n) is 7.10. The molecule has 1 aliphatic carbocycles. The lowest BCUT2D eigenvalue weighted by molar-refractivity contribution is 0.166. The Balaban J connectivity index is 0.000001000. The Morgan fingerprint density at radius 3 is 2.27 bits per heavy atom. The monoisotopic (exact) mass is 179 g/mol. The van der Waals surface area contributed by atoms with Crippen molar-refractivity contribution in [2.75, 3.05) is 13.2 Å². The molecule has 1 saturated carbocycles. The smallest absolute Gasteiger partial charge is 0.0613 e. The second-order valence-corrected chi connectivity index (χ2v) is 3.18. The zero-order valence-corrected chi connectivity index (χ0v) is 7.91. The first-order valence-electron chi connectivity index (χ1n) is 4.19. The predicted molar refractivity (Wildman–Crippen MR) is 49.2 cm³/mol. The lowest BCUT2D eigenvalue weighted by Gasteiger charge is -2.27. The molecule has 68 valence electrons. The van der Waals surface area contributed by atoms with Gasteiger partial charge in [0.1, 0.15) is 0 Å². The Bertz CT molecular complexity index is 102. The lowest BCUT2D eigenvalue weighted by Crippen LogP contribution is -2.45. The third-order valence-corrected chi connectivity index (χ3v) is 2.42. The third kappa shape index (κ3) is 2.62. The fourth-order valence-electron chi connectivity index (χ4n) is 1.82. The van der Waals surface area contributed by atoms with Crippen LogP contribution >= 0.6 is 12.4 Å². The molecule has 3 heteroatoms. The molecular formula is C8H18ClNO. The van der Waals surface area contributed by atoms with Crippen molar-refractivity contribution in [2.45, 2.75) is 38.1 Å². The summed E-state index contributed by atoms with van der Waals surface area (Å²) in [5.74, 6) is 0. The van der Waals surface area contributed by atoms with Crippen LogP contribution in [0.15, 0.2) is 0 Å². The fraction of sp³-hybridized carbons (Fsp3) is 1.00. The van der Waals surface area contributed by atoms with Crippen molar-refractivity contribution in [3.8, 4) is 0 Å². The van der Waals surface area contributed by atoms with Gasteiger partial charge in [-0.3, -0.25) is 0 Å². The minimum absolute atomic E-state index is 0. The topological polar surface area (TPSA) is 32.3 Å². The number of likely N-dealkylation sites (N-methyl/N-ethyl adjacent to an activating group) is 1. The van der Waals surface area contributed by atoms with E-state index in [1.165, 1.54) is 12.8 Å². The molecule has 2 N–H and O–H groups in total. The summed E-state index contributed by atoms with van der Waals surface area (Å²) >= 11 is 0. The summed E-state index contributed by atoms with van der Waals surface area (Å²) in [5, 5.41) is 12.4. The quantitative estimate of drug-likeness (QED) is 0.685. The normalized spacial score (nSPS) is 21.3. The van der Waals surface area contributed by atoms with E-state index in [9.17, 15) is 0 Å². The van der Waals surface area contributed by atoms with Crippen LogP contribution in [0.25, 0.3) is 0 Å². The minimum atomic E-state index is 0. The van der Waals surface area contributed by atoms with E-state index in [0.29, 0.717) is 6.61 Å². The van der Waals surface area contributed by atoms with Crippen molar-refractivity contribution in [3.63, 3.8) is 0 Å². The van der Waals surface area contributed by atoms with Crippen molar-refractivity contribution in [2.24, 2.45) is 0 Å². The van der Waals surface area contributed by atoms with Crippen molar-refractivity contribution < 1.29 is 5.11 Å². The lowest BCUT2D eigenvalue weighted by atomic mass is 9.99. The van der Waals surface area contributed by atoms with Gasteiger partial charge >= 0.3 is 0 Å². The number of halogens is 1. The molecule has 0 spiro atoms. The highest BCUT2D eigenvalue weighted by molar-refractivity contribution is 5.85. The van der Waals surface area contributed by atoms with Crippen molar-refractivity contribution >= 4 is 12.4 Å². The molecule has 0 radical (unpaired) electrons. The van der Waals surface area contributed by atoms with E-state index >= 15 is 0 Å². The molecule has 0 saturated heterocycles. The molecule has 0 amide bonds. The van der Waals surface area contributed by atoms with Crippen LogP contribution in [0.5, 0.6) is 0 Å². The van der Waals surface area contributed by atoms with Gasteiger partial charge in [-0.1, -0.05) is 19.8 Å². The standard InChI is InChI=1S/C8H17NO.ClH/c1-2-9-8(7-10)5-3-4-6-8;/h9-10H,2-7H2,1H3;1H. The summed E-state index contributed by atoms with van der Waals surface area (Å²) in [6.45, 7) is 3.37. The van der Waals surface area contributed by atoms with E-state index < -0.39 is 0 Å². The minimum Gasteiger partial charge on any atom is -0.394 e. The van der Waals surface area contributed by atoms with Crippen LogP contribution in [0.1, 0.15) is 32.6 Å². The third-order valence-electron chi connectivity index (χ3n) is 2.42. The summed E-state index contributed by atoms with van der Waals surface area (Å²) in [4.78, 5) is 0.